The predicted octanol–water partition coefficient (Wildman–Crippen LogP) is 4.89. The van der Waals surface area contributed by atoms with Crippen LogP contribution in [0.15, 0.2) is 48.5 Å². The quantitative estimate of drug-likeness (QED) is 0.802. The van der Waals surface area contributed by atoms with Crippen LogP contribution < -0.4 is 4.74 Å². The maximum atomic E-state index is 11.0. The molecule has 0 radical (unpaired) electrons. The van der Waals surface area contributed by atoms with Crippen LogP contribution in [0.2, 0.25) is 0 Å². The van der Waals surface area contributed by atoms with Crippen molar-refractivity contribution in [2.75, 3.05) is 13.7 Å². The van der Waals surface area contributed by atoms with Crippen LogP contribution in [0.1, 0.15) is 49.8 Å². The van der Waals surface area contributed by atoms with Crippen LogP contribution in [0, 0.1) is 11.3 Å². The first-order chi connectivity index (χ1) is 13.5. The van der Waals surface area contributed by atoms with Crippen molar-refractivity contribution in [2.45, 2.75) is 57.7 Å². The molecule has 0 bridgehead atoms. The van der Waals surface area contributed by atoms with E-state index < -0.39 is 0 Å². The molecule has 0 amide bonds. The van der Waals surface area contributed by atoms with E-state index >= 15 is 0 Å². The zero-order valence-electron chi connectivity index (χ0n) is 17.3. The molecule has 0 saturated heterocycles. The molecule has 1 saturated carbocycles. The summed E-state index contributed by atoms with van der Waals surface area (Å²) < 4.78 is 11.6. The summed E-state index contributed by atoms with van der Waals surface area (Å²) in [6, 6.07) is 16.8. The fourth-order valence-electron chi connectivity index (χ4n) is 5.79. The minimum absolute atomic E-state index is 0.0734. The molecule has 2 aliphatic rings. The summed E-state index contributed by atoms with van der Waals surface area (Å²) in [5.74, 6) is 1.34. The number of rotatable bonds is 5. The molecule has 150 valence electrons. The highest BCUT2D eigenvalue weighted by molar-refractivity contribution is 5.43. The van der Waals surface area contributed by atoms with Gasteiger partial charge in [0.2, 0.25) is 0 Å². The van der Waals surface area contributed by atoms with Crippen LogP contribution in [-0.2, 0) is 23.2 Å². The number of hydrogen-bond donors (Lipinski definition) is 1. The number of ether oxygens (including phenoxy) is 2. The predicted molar refractivity (Wildman–Crippen MR) is 112 cm³/mol. The first-order valence-electron chi connectivity index (χ1n) is 10.4. The summed E-state index contributed by atoms with van der Waals surface area (Å²) in [6.07, 6.45) is 3.64. The van der Waals surface area contributed by atoms with E-state index in [4.69, 9.17) is 9.47 Å². The smallest absolute Gasteiger partial charge is 0.119 e. The Morgan fingerprint density at radius 3 is 2.61 bits per heavy atom. The second kappa shape index (κ2) is 7.53. The van der Waals surface area contributed by atoms with E-state index in [2.05, 4.69) is 44.2 Å². The van der Waals surface area contributed by atoms with Gasteiger partial charge in [0, 0.05) is 5.41 Å². The molecule has 3 nitrogen and oxygen atoms in total. The standard InChI is InChI=1S/C25H32O3/c1-24-14-13-23(26)25(2,17-28-16-18-7-5-4-6-8-18)22(24)12-9-19-15-20(27-3)10-11-21(19)24/h4-8,10-11,15,22-23,26H,9,12-14,16-17H2,1-3H3/t22-,23?,24?,25?/m0/s1. The number of aryl methyl sites for hydroxylation is 1. The van der Waals surface area contributed by atoms with Crippen molar-refractivity contribution in [3.8, 4) is 5.75 Å². The van der Waals surface area contributed by atoms with E-state index in [0.717, 1.165) is 31.4 Å². The summed E-state index contributed by atoms with van der Waals surface area (Å²) in [4.78, 5) is 0. The molecule has 0 spiro atoms. The Kier molecular flexibility index (Phi) is 5.24. The Hall–Kier alpha value is -1.84. The van der Waals surface area contributed by atoms with E-state index in [1.165, 1.54) is 16.7 Å². The highest BCUT2D eigenvalue weighted by atomic mass is 16.5. The van der Waals surface area contributed by atoms with E-state index in [-0.39, 0.29) is 16.9 Å². The Balaban J connectivity index is 1.58. The van der Waals surface area contributed by atoms with Crippen molar-refractivity contribution >= 4 is 0 Å². The van der Waals surface area contributed by atoms with E-state index in [0.29, 0.717) is 19.1 Å². The average molecular weight is 381 g/mol. The topological polar surface area (TPSA) is 38.7 Å². The van der Waals surface area contributed by atoms with Gasteiger partial charge in [-0.05, 0) is 65.8 Å². The second-order valence-corrected chi connectivity index (χ2v) is 9.07. The van der Waals surface area contributed by atoms with Crippen molar-refractivity contribution in [3.05, 3.63) is 65.2 Å². The molecule has 4 atom stereocenters. The van der Waals surface area contributed by atoms with Gasteiger partial charge in [0.15, 0.2) is 0 Å². The molecule has 2 aliphatic carbocycles. The van der Waals surface area contributed by atoms with Crippen LogP contribution in [0.4, 0.5) is 0 Å². The molecule has 0 aliphatic heterocycles. The Morgan fingerprint density at radius 2 is 1.86 bits per heavy atom. The molecule has 3 unspecified atom stereocenters. The molecule has 3 heteroatoms. The number of hydrogen-bond acceptors (Lipinski definition) is 3. The fourth-order valence-corrected chi connectivity index (χ4v) is 5.79. The van der Waals surface area contributed by atoms with E-state index in [1.807, 2.05) is 18.2 Å². The SMILES string of the molecule is COc1ccc2c(c1)CC[C@H]1C2(C)CCC(O)C1(C)COCc1ccccc1. The molecule has 2 aromatic carbocycles. The maximum absolute atomic E-state index is 11.0. The van der Waals surface area contributed by atoms with Crippen LogP contribution in [0.3, 0.4) is 0 Å². The normalized spacial score (nSPS) is 31.7. The molecular weight excluding hydrogens is 348 g/mol. The lowest BCUT2D eigenvalue weighted by molar-refractivity contribution is -0.127. The first-order valence-corrected chi connectivity index (χ1v) is 10.4. The van der Waals surface area contributed by atoms with Gasteiger partial charge in [-0.3, -0.25) is 0 Å². The fraction of sp³-hybridized carbons (Fsp3) is 0.520. The third kappa shape index (κ3) is 3.25. The van der Waals surface area contributed by atoms with Gasteiger partial charge in [-0.15, -0.1) is 0 Å². The Morgan fingerprint density at radius 1 is 1.07 bits per heavy atom. The molecule has 2 aromatic rings. The molecule has 28 heavy (non-hydrogen) atoms. The minimum atomic E-state index is -0.318. The lowest BCUT2D eigenvalue weighted by Gasteiger charge is -2.57. The lowest BCUT2D eigenvalue weighted by atomic mass is 9.49. The van der Waals surface area contributed by atoms with Crippen molar-refractivity contribution in [2.24, 2.45) is 11.3 Å². The van der Waals surface area contributed by atoms with Crippen molar-refractivity contribution in [3.63, 3.8) is 0 Å². The van der Waals surface area contributed by atoms with Crippen LogP contribution >= 0.6 is 0 Å². The largest absolute Gasteiger partial charge is 0.497 e. The maximum Gasteiger partial charge on any atom is 0.119 e. The summed E-state index contributed by atoms with van der Waals surface area (Å²) >= 11 is 0. The van der Waals surface area contributed by atoms with Crippen molar-refractivity contribution in [1.82, 2.24) is 0 Å². The number of fused-ring (bicyclic) bond motifs is 3. The van der Waals surface area contributed by atoms with E-state index in [1.54, 1.807) is 7.11 Å². The van der Waals surface area contributed by atoms with Gasteiger partial charge in [-0.1, -0.05) is 50.2 Å². The van der Waals surface area contributed by atoms with Gasteiger partial charge in [0.1, 0.15) is 5.75 Å². The van der Waals surface area contributed by atoms with Gasteiger partial charge in [0.25, 0.3) is 0 Å². The lowest BCUT2D eigenvalue weighted by Crippen LogP contribution is -2.57. The van der Waals surface area contributed by atoms with Gasteiger partial charge >= 0.3 is 0 Å². The molecule has 1 fully saturated rings. The van der Waals surface area contributed by atoms with Gasteiger partial charge < -0.3 is 14.6 Å². The Bertz CT molecular complexity index is 818. The van der Waals surface area contributed by atoms with Crippen LogP contribution in [0.25, 0.3) is 0 Å². The van der Waals surface area contributed by atoms with Crippen LogP contribution in [0.5, 0.6) is 5.75 Å². The summed E-state index contributed by atoms with van der Waals surface area (Å²) in [5, 5.41) is 11.0. The zero-order valence-corrected chi connectivity index (χ0v) is 17.3. The number of methoxy groups -OCH3 is 1. The molecule has 0 aromatic heterocycles. The number of aliphatic hydroxyl groups excluding tert-OH is 1. The molecule has 0 heterocycles. The monoisotopic (exact) mass is 380 g/mol. The average Bonchev–Trinajstić information content (AvgIpc) is 2.71. The molecular formula is C25H32O3. The Labute approximate surface area is 168 Å². The summed E-state index contributed by atoms with van der Waals surface area (Å²) in [6.45, 7) is 5.82. The third-order valence-corrected chi connectivity index (χ3v) is 7.42. The third-order valence-electron chi connectivity index (χ3n) is 7.42. The molecule has 4 rings (SSSR count). The summed E-state index contributed by atoms with van der Waals surface area (Å²) in [5.41, 5.74) is 3.86. The number of aliphatic hydroxyl groups is 1. The van der Waals surface area contributed by atoms with Gasteiger partial charge in [-0.2, -0.15) is 0 Å². The zero-order chi connectivity index (χ0) is 19.8. The minimum Gasteiger partial charge on any atom is -0.497 e. The summed E-state index contributed by atoms with van der Waals surface area (Å²) in [7, 11) is 1.73. The van der Waals surface area contributed by atoms with Crippen molar-refractivity contribution < 1.29 is 14.6 Å². The highest BCUT2D eigenvalue weighted by Gasteiger charge is 2.55. The van der Waals surface area contributed by atoms with Crippen molar-refractivity contribution in [1.29, 1.82) is 0 Å². The van der Waals surface area contributed by atoms with Crippen LogP contribution in [-0.4, -0.2) is 24.9 Å². The van der Waals surface area contributed by atoms with Gasteiger partial charge in [0.05, 0.1) is 26.4 Å². The highest BCUT2D eigenvalue weighted by Crippen LogP contribution is 2.57. The van der Waals surface area contributed by atoms with Gasteiger partial charge in [-0.25, -0.2) is 0 Å². The molecule has 1 N–H and O–H groups in total. The van der Waals surface area contributed by atoms with E-state index in [9.17, 15) is 5.11 Å². The first kappa shape index (κ1) is 19.5. The second-order valence-electron chi connectivity index (χ2n) is 9.07. The number of benzene rings is 2.